The first-order chi connectivity index (χ1) is 14.7. The van der Waals surface area contributed by atoms with Crippen LogP contribution in [0.4, 0.5) is 23.2 Å². The third kappa shape index (κ3) is 5.35. The predicted molar refractivity (Wildman–Crippen MR) is 103 cm³/mol. The van der Waals surface area contributed by atoms with Crippen molar-refractivity contribution in [3.63, 3.8) is 0 Å². The lowest BCUT2D eigenvalue weighted by Crippen LogP contribution is -2.19. The van der Waals surface area contributed by atoms with Crippen LogP contribution in [0.25, 0.3) is 0 Å². The zero-order valence-electron chi connectivity index (χ0n) is 16.0. The van der Waals surface area contributed by atoms with Gasteiger partial charge in [-0.05, 0) is 48.5 Å². The quantitative estimate of drug-likeness (QED) is 0.575. The molecule has 0 saturated carbocycles. The third-order valence-electron chi connectivity index (χ3n) is 4.07. The molecule has 31 heavy (non-hydrogen) atoms. The Morgan fingerprint density at radius 1 is 0.935 bits per heavy atom. The first kappa shape index (κ1) is 21.8. The molecule has 0 bridgehead atoms. The summed E-state index contributed by atoms with van der Waals surface area (Å²) in [7, 11) is 1.46. The second-order valence-electron chi connectivity index (χ2n) is 6.22. The monoisotopic (exact) mass is 433 g/mol. The van der Waals surface area contributed by atoms with Crippen LogP contribution in [0.5, 0.6) is 11.5 Å². The maximum absolute atomic E-state index is 13.4. The Hall–Kier alpha value is -3.95. The molecule has 2 aromatic carbocycles. The van der Waals surface area contributed by atoms with Crippen molar-refractivity contribution in [2.45, 2.75) is 6.18 Å². The third-order valence-corrected chi connectivity index (χ3v) is 4.07. The number of pyridine rings is 1. The van der Waals surface area contributed by atoms with Gasteiger partial charge in [0.15, 0.2) is 0 Å². The minimum absolute atomic E-state index is 0.152. The molecule has 1 heterocycles. The first-order valence-electron chi connectivity index (χ1n) is 8.81. The van der Waals surface area contributed by atoms with Gasteiger partial charge in [-0.25, -0.2) is 4.39 Å². The van der Waals surface area contributed by atoms with Crippen molar-refractivity contribution in [1.82, 2.24) is 10.3 Å². The van der Waals surface area contributed by atoms with Crippen molar-refractivity contribution in [2.24, 2.45) is 0 Å². The van der Waals surface area contributed by atoms with Gasteiger partial charge in [-0.15, -0.1) is 0 Å². The van der Waals surface area contributed by atoms with Crippen LogP contribution in [0.3, 0.4) is 0 Å². The van der Waals surface area contributed by atoms with E-state index in [-0.39, 0.29) is 17.3 Å². The van der Waals surface area contributed by atoms with Crippen LogP contribution in [0, 0.1) is 5.82 Å². The van der Waals surface area contributed by atoms with Crippen LogP contribution in [0.1, 0.15) is 26.4 Å². The average Bonchev–Trinajstić information content (AvgIpc) is 2.73. The topological polar surface area (TPSA) is 80.3 Å². The van der Waals surface area contributed by atoms with Crippen LogP contribution in [0.15, 0.2) is 60.8 Å². The molecule has 0 radical (unpaired) electrons. The van der Waals surface area contributed by atoms with Crippen molar-refractivity contribution < 1.29 is 31.9 Å². The van der Waals surface area contributed by atoms with E-state index in [1.165, 1.54) is 49.6 Å². The van der Waals surface area contributed by atoms with E-state index in [1.54, 1.807) is 0 Å². The van der Waals surface area contributed by atoms with Gasteiger partial charge in [-0.2, -0.15) is 13.2 Å². The summed E-state index contributed by atoms with van der Waals surface area (Å²) in [6.07, 6.45) is -3.41. The number of ether oxygens (including phenoxy) is 1. The van der Waals surface area contributed by atoms with Crippen LogP contribution in [0.2, 0.25) is 0 Å². The molecule has 0 atom stereocenters. The maximum Gasteiger partial charge on any atom is 0.417 e. The van der Waals surface area contributed by atoms with Gasteiger partial charge in [-0.1, -0.05) is 0 Å². The number of carbonyl (C=O) groups excluding carboxylic acids is 2. The molecular formula is C21H15F4N3O3. The molecule has 0 fully saturated rings. The van der Waals surface area contributed by atoms with Crippen molar-refractivity contribution >= 4 is 17.5 Å². The van der Waals surface area contributed by atoms with Gasteiger partial charge in [0.2, 0.25) is 0 Å². The lowest BCUT2D eigenvalue weighted by Gasteiger charge is -2.13. The van der Waals surface area contributed by atoms with Crippen molar-refractivity contribution in [3.05, 3.63) is 83.4 Å². The molecule has 10 heteroatoms. The highest BCUT2D eigenvalue weighted by atomic mass is 19.4. The Morgan fingerprint density at radius 2 is 1.65 bits per heavy atom. The minimum Gasteiger partial charge on any atom is -0.457 e. The average molecular weight is 433 g/mol. The number of halogens is 4. The highest BCUT2D eigenvalue weighted by Gasteiger charge is 2.35. The zero-order valence-corrected chi connectivity index (χ0v) is 16.0. The lowest BCUT2D eigenvalue weighted by molar-refractivity contribution is -0.137. The summed E-state index contributed by atoms with van der Waals surface area (Å²) in [6.45, 7) is 0. The van der Waals surface area contributed by atoms with Crippen LogP contribution < -0.4 is 15.4 Å². The molecule has 0 saturated heterocycles. The number of hydrogen-bond donors (Lipinski definition) is 2. The fourth-order valence-corrected chi connectivity index (χ4v) is 2.62. The maximum atomic E-state index is 13.4. The number of anilines is 1. The van der Waals surface area contributed by atoms with Gasteiger partial charge in [-0.3, -0.25) is 14.6 Å². The Balaban J connectivity index is 1.74. The fourth-order valence-electron chi connectivity index (χ4n) is 2.62. The molecule has 0 unspecified atom stereocenters. The van der Waals surface area contributed by atoms with Crippen molar-refractivity contribution in [2.75, 3.05) is 12.4 Å². The second-order valence-corrected chi connectivity index (χ2v) is 6.22. The van der Waals surface area contributed by atoms with E-state index < -0.39 is 29.0 Å². The zero-order chi connectivity index (χ0) is 22.6. The second kappa shape index (κ2) is 8.82. The molecular weight excluding hydrogens is 418 g/mol. The van der Waals surface area contributed by atoms with E-state index >= 15 is 0 Å². The van der Waals surface area contributed by atoms with Gasteiger partial charge in [0.05, 0.1) is 11.1 Å². The number of carbonyl (C=O) groups is 2. The highest BCUT2D eigenvalue weighted by Crippen LogP contribution is 2.33. The molecule has 0 aliphatic rings. The van der Waals surface area contributed by atoms with E-state index in [1.807, 2.05) is 0 Å². The molecule has 3 aromatic rings. The van der Waals surface area contributed by atoms with E-state index in [0.717, 1.165) is 0 Å². The van der Waals surface area contributed by atoms with Crippen LogP contribution >= 0.6 is 0 Å². The molecule has 2 amide bonds. The molecule has 160 valence electrons. The van der Waals surface area contributed by atoms with E-state index in [4.69, 9.17) is 4.74 Å². The molecule has 3 rings (SSSR count). The summed E-state index contributed by atoms with van der Waals surface area (Å²) in [4.78, 5) is 27.8. The highest BCUT2D eigenvalue weighted by molar-refractivity contribution is 6.05. The largest absolute Gasteiger partial charge is 0.457 e. The number of nitrogens with zero attached hydrogens (tertiary/aromatic N) is 1. The Morgan fingerprint density at radius 3 is 2.29 bits per heavy atom. The van der Waals surface area contributed by atoms with Gasteiger partial charge in [0.1, 0.15) is 23.0 Å². The van der Waals surface area contributed by atoms with Gasteiger partial charge < -0.3 is 15.4 Å². The molecule has 0 aliphatic carbocycles. The predicted octanol–water partition coefficient (Wildman–Crippen LogP) is 4.64. The van der Waals surface area contributed by atoms with Gasteiger partial charge in [0, 0.05) is 25.0 Å². The van der Waals surface area contributed by atoms with Gasteiger partial charge >= 0.3 is 6.18 Å². The van der Waals surface area contributed by atoms with Crippen LogP contribution in [-0.2, 0) is 6.18 Å². The normalized spacial score (nSPS) is 11.0. The Bertz CT molecular complexity index is 1120. The molecule has 2 N–H and O–H groups in total. The standard InChI is InChI=1S/C21H15F4N3O3/c1-26-20(30)18-11-15(8-9-27-18)31-14-5-3-13(4-6-14)28-19(29)16-10-12(22)2-7-17(16)21(23,24)25/h2-11H,1H3,(H,26,30)(H,28,29). The van der Waals surface area contributed by atoms with Crippen LogP contribution in [-0.4, -0.2) is 23.8 Å². The number of rotatable bonds is 5. The summed E-state index contributed by atoms with van der Waals surface area (Å²) >= 11 is 0. The van der Waals surface area contributed by atoms with E-state index in [2.05, 4.69) is 15.6 Å². The number of hydrogen-bond acceptors (Lipinski definition) is 4. The van der Waals surface area contributed by atoms with Crippen molar-refractivity contribution in [1.29, 1.82) is 0 Å². The Labute approximate surface area is 173 Å². The summed E-state index contributed by atoms with van der Waals surface area (Å²) in [5.74, 6) is -1.78. The number of amides is 2. The Kier molecular flexibility index (Phi) is 6.19. The molecule has 6 nitrogen and oxygen atoms in total. The number of alkyl halides is 3. The number of aromatic nitrogens is 1. The SMILES string of the molecule is CNC(=O)c1cc(Oc2ccc(NC(=O)c3cc(F)ccc3C(F)(F)F)cc2)ccn1. The number of benzene rings is 2. The summed E-state index contributed by atoms with van der Waals surface area (Å²) in [6, 6.07) is 10.4. The summed E-state index contributed by atoms with van der Waals surface area (Å²) in [5.41, 5.74) is -1.74. The number of nitrogens with one attached hydrogen (secondary N) is 2. The van der Waals surface area contributed by atoms with Crippen molar-refractivity contribution in [3.8, 4) is 11.5 Å². The summed E-state index contributed by atoms with van der Waals surface area (Å²) in [5, 5.41) is 4.73. The fraction of sp³-hybridized carbons (Fsp3) is 0.0952. The lowest BCUT2D eigenvalue weighted by atomic mass is 10.1. The summed E-state index contributed by atoms with van der Waals surface area (Å²) < 4.78 is 58.3. The minimum atomic E-state index is -4.81. The van der Waals surface area contributed by atoms with Gasteiger partial charge in [0.25, 0.3) is 11.8 Å². The molecule has 1 aromatic heterocycles. The molecule has 0 spiro atoms. The van der Waals surface area contributed by atoms with E-state index in [9.17, 15) is 27.2 Å². The van der Waals surface area contributed by atoms with E-state index in [0.29, 0.717) is 29.7 Å². The smallest absolute Gasteiger partial charge is 0.417 e. The molecule has 0 aliphatic heterocycles. The first-order valence-corrected chi connectivity index (χ1v) is 8.81.